The minimum absolute atomic E-state index is 0.0174. The van der Waals surface area contributed by atoms with Gasteiger partial charge in [-0.1, -0.05) is 43.3 Å². The van der Waals surface area contributed by atoms with E-state index in [9.17, 15) is 9.59 Å². The normalized spacial score (nSPS) is 11.6. The van der Waals surface area contributed by atoms with Crippen molar-refractivity contribution in [2.75, 3.05) is 18.4 Å². The number of carbonyl (C=O) groups is 2. The fourth-order valence-electron chi connectivity index (χ4n) is 2.91. The van der Waals surface area contributed by atoms with E-state index in [4.69, 9.17) is 0 Å². The highest BCUT2D eigenvalue weighted by Crippen LogP contribution is 2.22. The lowest BCUT2D eigenvalue weighted by Crippen LogP contribution is -2.30. The first-order chi connectivity index (χ1) is 12.1. The molecule has 0 aliphatic rings. The van der Waals surface area contributed by atoms with E-state index < -0.39 is 0 Å². The Morgan fingerprint density at radius 3 is 2.24 bits per heavy atom. The number of hydrogen-bond acceptors (Lipinski definition) is 2. The van der Waals surface area contributed by atoms with Gasteiger partial charge >= 0.3 is 0 Å². The van der Waals surface area contributed by atoms with Crippen LogP contribution in [-0.2, 0) is 4.79 Å². The lowest BCUT2D eigenvalue weighted by Gasteiger charge is -2.19. The van der Waals surface area contributed by atoms with Gasteiger partial charge in [0.1, 0.15) is 0 Å². The van der Waals surface area contributed by atoms with Gasteiger partial charge in [-0.15, -0.1) is 0 Å². The smallest absolute Gasteiger partial charge is 0.253 e. The molecule has 0 saturated heterocycles. The number of hydrogen-bond donors (Lipinski definition) is 1. The Bertz CT molecular complexity index is 709. The number of nitrogens with one attached hydrogen (secondary N) is 1. The highest BCUT2D eigenvalue weighted by Gasteiger charge is 2.19. The van der Waals surface area contributed by atoms with Crippen molar-refractivity contribution in [3.63, 3.8) is 0 Å². The molecule has 0 aliphatic heterocycles. The minimum Gasteiger partial charge on any atom is -0.339 e. The van der Waals surface area contributed by atoms with E-state index in [0.717, 1.165) is 5.56 Å². The van der Waals surface area contributed by atoms with Crippen LogP contribution in [0.1, 0.15) is 49.0 Å². The maximum atomic E-state index is 12.7. The van der Waals surface area contributed by atoms with Crippen LogP contribution in [0.4, 0.5) is 5.69 Å². The van der Waals surface area contributed by atoms with Crippen LogP contribution in [0.2, 0.25) is 0 Å². The summed E-state index contributed by atoms with van der Waals surface area (Å²) in [6.45, 7) is 7.24. The Balaban J connectivity index is 2.16. The standard InChI is InChI=1S/C21H26N2O2/c1-4-19(16-11-8-7-9-12-16)20(24)22-18-14-10-13-17(15-18)21(25)23(5-2)6-3/h7-15,19H,4-6H2,1-3H3,(H,22,24). The van der Waals surface area contributed by atoms with Gasteiger partial charge in [0.2, 0.25) is 5.91 Å². The van der Waals surface area contributed by atoms with E-state index >= 15 is 0 Å². The summed E-state index contributed by atoms with van der Waals surface area (Å²) < 4.78 is 0. The molecule has 0 aliphatic carbocycles. The summed E-state index contributed by atoms with van der Waals surface area (Å²) in [4.78, 5) is 26.9. The van der Waals surface area contributed by atoms with Crippen LogP contribution in [0.3, 0.4) is 0 Å². The molecular formula is C21H26N2O2. The van der Waals surface area contributed by atoms with E-state index in [-0.39, 0.29) is 17.7 Å². The summed E-state index contributed by atoms with van der Waals surface area (Å²) in [6, 6.07) is 16.9. The third kappa shape index (κ3) is 4.69. The van der Waals surface area contributed by atoms with Crippen LogP contribution in [-0.4, -0.2) is 29.8 Å². The summed E-state index contributed by atoms with van der Waals surface area (Å²) in [7, 11) is 0. The van der Waals surface area contributed by atoms with Crippen molar-refractivity contribution in [1.82, 2.24) is 4.90 Å². The van der Waals surface area contributed by atoms with Crippen LogP contribution in [0.15, 0.2) is 54.6 Å². The fourth-order valence-corrected chi connectivity index (χ4v) is 2.91. The molecule has 0 heterocycles. The Labute approximate surface area is 149 Å². The first-order valence-electron chi connectivity index (χ1n) is 8.85. The molecule has 2 rings (SSSR count). The van der Waals surface area contributed by atoms with E-state index in [1.165, 1.54) is 0 Å². The van der Waals surface area contributed by atoms with E-state index in [1.807, 2.05) is 57.2 Å². The zero-order chi connectivity index (χ0) is 18.2. The van der Waals surface area contributed by atoms with Crippen LogP contribution in [0.5, 0.6) is 0 Å². The van der Waals surface area contributed by atoms with E-state index in [2.05, 4.69) is 5.32 Å². The third-order valence-electron chi connectivity index (χ3n) is 4.35. The van der Waals surface area contributed by atoms with Gasteiger partial charge in [-0.3, -0.25) is 9.59 Å². The molecule has 0 bridgehead atoms. The highest BCUT2D eigenvalue weighted by atomic mass is 16.2. The molecule has 0 aromatic heterocycles. The van der Waals surface area contributed by atoms with Crippen LogP contribution < -0.4 is 5.32 Å². The highest BCUT2D eigenvalue weighted by molar-refractivity contribution is 5.99. The predicted molar refractivity (Wildman–Crippen MR) is 102 cm³/mol. The molecule has 4 nitrogen and oxygen atoms in total. The minimum atomic E-state index is -0.205. The number of carbonyl (C=O) groups excluding carboxylic acids is 2. The average molecular weight is 338 g/mol. The first-order valence-corrected chi connectivity index (χ1v) is 8.85. The number of rotatable bonds is 7. The van der Waals surface area contributed by atoms with Crippen LogP contribution >= 0.6 is 0 Å². The van der Waals surface area contributed by atoms with Crippen LogP contribution in [0.25, 0.3) is 0 Å². The summed E-state index contributed by atoms with van der Waals surface area (Å²) in [5, 5.41) is 2.95. The zero-order valence-corrected chi connectivity index (χ0v) is 15.2. The van der Waals surface area contributed by atoms with Gasteiger partial charge in [0.05, 0.1) is 5.92 Å². The van der Waals surface area contributed by atoms with Crippen molar-refractivity contribution < 1.29 is 9.59 Å². The Morgan fingerprint density at radius 1 is 0.960 bits per heavy atom. The first kappa shape index (κ1) is 18.7. The molecule has 0 radical (unpaired) electrons. The summed E-state index contributed by atoms with van der Waals surface area (Å²) in [6.07, 6.45) is 0.716. The SMILES string of the molecule is CCC(C(=O)Nc1cccc(C(=O)N(CC)CC)c1)c1ccccc1. The molecule has 2 aromatic rings. The van der Waals surface area contributed by atoms with Crippen molar-refractivity contribution in [3.8, 4) is 0 Å². The number of nitrogens with zero attached hydrogens (tertiary/aromatic N) is 1. The van der Waals surface area contributed by atoms with Gasteiger partial charge in [0.25, 0.3) is 5.91 Å². The second kappa shape index (κ2) is 9.02. The van der Waals surface area contributed by atoms with E-state index in [1.54, 1.807) is 23.1 Å². The number of amides is 2. The Hall–Kier alpha value is -2.62. The molecule has 2 amide bonds. The zero-order valence-electron chi connectivity index (χ0n) is 15.2. The molecule has 0 spiro atoms. The molecule has 1 N–H and O–H groups in total. The number of benzene rings is 2. The van der Waals surface area contributed by atoms with Crippen molar-refractivity contribution in [3.05, 3.63) is 65.7 Å². The van der Waals surface area contributed by atoms with Crippen molar-refractivity contribution in [1.29, 1.82) is 0 Å². The second-order valence-corrected chi connectivity index (χ2v) is 5.92. The maximum Gasteiger partial charge on any atom is 0.253 e. The molecule has 1 atom stereocenters. The van der Waals surface area contributed by atoms with Gasteiger partial charge in [-0.2, -0.15) is 0 Å². The van der Waals surface area contributed by atoms with Crippen molar-refractivity contribution in [2.45, 2.75) is 33.1 Å². The Morgan fingerprint density at radius 2 is 1.64 bits per heavy atom. The van der Waals surface area contributed by atoms with Gasteiger partial charge in [0.15, 0.2) is 0 Å². The molecule has 0 fully saturated rings. The largest absolute Gasteiger partial charge is 0.339 e. The molecule has 4 heteroatoms. The summed E-state index contributed by atoms with van der Waals surface area (Å²) >= 11 is 0. The monoisotopic (exact) mass is 338 g/mol. The second-order valence-electron chi connectivity index (χ2n) is 5.92. The quantitative estimate of drug-likeness (QED) is 0.818. The summed E-state index contributed by atoms with van der Waals surface area (Å²) in [5.74, 6) is -0.277. The van der Waals surface area contributed by atoms with E-state index in [0.29, 0.717) is 30.8 Å². The molecule has 25 heavy (non-hydrogen) atoms. The van der Waals surface area contributed by atoms with Crippen molar-refractivity contribution >= 4 is 17.5 Å². The van der Waals surface area contributed by atoms with Gasteiger partial charge in [-0.25, -0.2) is 0 Å². The lowest BCUT2D eigenvalue weighted by atomic mass is 9.95. The predicted octanol–water partition coefficient (Wildman–Crippen LogP) is 4.30. The summed E-state index contributed by atoms with van der Waals surface area (Å²) in [5.41, 5.74) is 2.24. The lowest BCUT2D eigenvalue weighted by molar-refractivity contribution is -0.117. The van der Waals surface area contributed by atoms with Gasteiger partial charge in [-0.05, 0) is 44.0 Å². The number of anilines is 1. The molecular weight excluding hydrogens is 312 g/mol. The van der Waals surface area contributed by atoms with Crippen LogP contribution in [0, 0.1) is 0 Å². The molecule has 2 aromatic carbocycles. The van der Waals surface area contributed by atoms with Gasteiger partial charge < -0.3 is 10.2 Å². The maximum absolute atomic E-state index is 12.7. The van der Waals surface area contributed by atoms with Crippen molar-refractivity contribution in [2.24, 2.45) is 0 Å². The van der Waals surface area contributed by atoms with Gasteiger partial charge in [0, 0.05) is 24.3 Å². The average Bonchev–Trinajstić information content (AvgIpc) is 2.64. The Kier molecular flexibility index (Phi) is 6.75. The molecule has 1 unspecified atom stereocenters. The third-order valence-corrected chi connectivity index (χ3v) is 4.35. The topological polar surface area (TPSA) is 49.4 Å². The fraction of sp³-hybridized carbons (Fsp3) is 0.333. The molecule has 0 saturated carbocycles. The molecule has 132 valence electrons.